The third kappa shape index (κ3) is 1.25. The molecule has 0 unspecified atom stereocenters. The normalized spacial score (nSPS) is 10.8. The summed E-state index contributed by atoms with van der Waals surface area (Å²) in [6.07, 6.45) is 2.13. The molecule has 0 aliphatic carbocycles. The quantitative estimate of drug-likeness (QED) is 0.620. The third-order valence-corrected chi connectivity index (χ3v) is 4.27. The molecule has 0 amide bonds. The summed E-state index contributed by atoms with van der Waals surface area (Å²) < 4.78 is 2.83. The van der Waals surface area contributed by atoms with Crippen LogP contribution in [0, 0.1) is 6.92 Å². The van der Waals surface area contributed by atoms with E-state index in [-0.39, 0.29) is 0 Å². The summed E-state index contributed by atoms with van der Waals surface area (Å²) in [6.45, 7) is 2.17. The molecule has 0 fully saturated rings. The molecule has 12 heavy (non-hydrogen) atoms. The van der Waals surface area contributed by atoms with Crippen LogP contribution in [0.5, 0.6) is 0 Å². The van der Waals surface area contributed by atoms with Gasteiger partial charge in [-0.1, -0.05) is 18.2 Å². The Morgan fingerprint density at radius 1 is 1.33 bits per heavy atom. The van der Waals surface area contributed by atoms with Gasteiger partial charge in [0.25, 0.3) is 0 Å². The first-order valence-corrected chi connectivity index (χ1v) is 5.88. The largest absolute Gasteiger partial charge is 0.129 e. The van der Waals surface area contributed by atoms with E-state index in [0.717, 1.165) is 0 Å². The van der Waals surface area contributed by atoms with Gasteiger partial charge in [-0.25, -0.2) is 0 Å². The summed E-state index contributed by atoms with van der Waals surface area (Å²) in [4.78, 5) is 0. The van der Waals surface area contributed by atoms with Crippen molar-refractivity contribution in [3.05, 3.63) is 29.8 Å². The van der Waals surface area contributed by atoms with E-state index in [9.17, 15) is 0 Å². The molecule has 0 saturated heterocycles. The van der Waals surface area contributed by atoms with Gasteiger partial charge >= 0.3 is 0 Å². The second-order valence-electron chi connectivity index (χ2n) is 2.76. The first kappa shape index (κ1) is 8.14. The van der Waals surface area contributed by atoms with Gasteiger partial charge in [-0.2, -0.15) is 0 Å². The standard InChI is InChI=1S/C10H10S2/c1-7-4-3-5-8-6-9(11-2)12-10(7)8/h3-6H,1-2H3. The van der Waals surface area contributed by atoms with Crippen LogP contribution in [0.4, 0.5) is 0 Å². The van der Waals surface area contributed by atoms with E-state index in [1.165, 1.54) is 19.9 Å². The lowest BCUT2D eigenvalue weighted by molar-refractivity contribution is 1.56. The fourth-order valence-electron chi connectivity index (χ4n) is 1.29. The van der Waals surface area contributed by atoms with E-state index in [1.807, 2.05) is 23.1 Å². The van der Waals surface area contributed by atoms with Crippen molar-refractivity contribution in [3.63, 3.8) is 0 Å². The lowest BCUT2D eigenvalue weighted by atomic mass is 10.2. The molecule has 0 saturated carbocycles. The highest BCUT2D eigenvalue weighted by atomic mass is 32.2. The Morgan fingerprint density at radius 3 is 2.83 bits per heavy atom. The van der Waals surface area contributed by atoms with Crippen LogP contribution in [0.3, 0.4) is 0 Å². The van der Waals surface area contributed by atoms with Crippen LogP contribution in [0.1, 0.15) is 5.56 Å². The summed E-state index contributed by atoms with van der Waals surface area (Å²) in [6, 6.07) is 8.73. The number of thioether (sulfide) groups is 1. The van der Waals surface area contributed by atoms with Crippen molar-refractivity contribution >= 4 is 33.2 Å². The molecule has 0 radical (unpaired) electrons. The lowest BCUT2D eigenvalue weighted by Gasteiger charge is -1.91. The van der Waals surface area contributed by atoms with Crippen LogP contribution in [-0.2, 0) is 0 Å². The smallest absolute Gasteiger partial charge is 0.0608 e. The van der Waals surface area contributed by atoms with Crippen LogP contribution < -0.4 is 0 Å². The number of hydrogen-bond acceptors (Lipinski definition) is 2. The molecule has 0 aliphatic rings. The van der Waals surface area contributed by atoms with Crippen LogP contribution in [0.25, 0.3) is 10.1 Å². The summed E-state index contributed by atoms with van der Waals surface area (Å²) in [5, 5.41) is 1.38. The molecule has 62 valence electrons. The van der Waals surface area contributed by atoms with Crippen molar-refractivity contribution in [3.8, 4) is 0 Å². The van der Waals surface area contributed by atoms with E-state index in [2.05, 4.69) is 37.4 Å². The highest BCUT2D eigenvalue weighted by Crippen LogP contribution is 2.33. The van der Waals surface area contributed by atoms with Crippen molar-refractivity contribution in [2.75, 3.05) is 6.26 Å². The van der Waals surface area contributed by atoms with E-state index >= 15 is 0 Å². The first-order chi connectivity index (χ1) is 5.81. The molecule has 2 rings (SSSR count). The van der Waals surface area contributed by atoms with E-state index in [4.69, 9.17) is 0 Å². The SMILES string of the molecule is CSc1cc2cccc(C)c2s1. The number of benzene rings is 1. The minimum absolute atomic E-state index is 1.38. The molecule has 0 N–H and O–H groups in total. The van der Waals surface area contributed by atoms with Gasteiger partial charge in [0.2, 0.25) is 0 Å². The molecule has 0 atom stereocenters. The molecule has 0 nitrogen and oxygen atoms in total. The average molecular weight is 194 g/mol. The maximum Gasteiger partial charge on any atom is 0.0608 e. The van der Waals surface area contributed by atoms with Gasteiger partial charge in [-0.15, -0.1) is 23.1 Å². The van der Waals surface area contributed by atoms with Crippen LogP contribution in [0.2, 0.25) is 0 Å². The van der Waals surface area contributed by atoms with E-state index < -0.39 is 0 Å². The lowest BCUT2D eigenvalue weighted by Crippen LogP contribution is -1.67. The van der Waals surface area contributed by atoms with E-state index in [1.54, 1.807) is 0 Å². The van der Waals surface area contributed by atoms with Crippen LogP contribution in [0.15, 0.2) is 28.5 Å². The summed E-state index contributed by atoms with van der Waals surface area (Å²) in [7, 11) is 0. The van der Waals surface area contributed by atoms with Gasteiger partial charge in [0.15, 0.2) is 0 Å². The summed E-state index contributed by atoms with van der Waals surface area (Å²) in [5.41, 5.74) is 1.39. The van der Waals surface area contributed by atoms with Crippen LogP contribution in [-0.4, -0.2) is 6.26 Å². The summed E-state index contributed by atoms with van der Waals surface area (Å²) >= 11 is 3.71. The predicted molar refractivity (Wildman–Crippen MR) is 58.3 cm³/mol. The zero-order valence-electron chi connectivity index (χ0n) is 7.13. The zero-order chi connectivity index (χ0) is 8.55. The monoisotopic (exact) mass is 194 g/mol. The molecular weight excluding hydrogens is 184 g/mol. The number of fused-ring (bicyclic) bond motifs is 1. The minimum atomic E-state index is 1.38. The Morgan fingerprint density at radius 2 is 2.17 bits per heavy atom. The highest BCUT2D eigenvalue weighted by Gasteiger charge is 2.01. The fraction of sp³-hybridized carbons (Fsp3) is 0.200. The highest BCUT2D eigenvalue weighted by molar-refractivity contribution is 8.00. The second kappa shape index (κ2) is 3.11. The number of aryl methyl sites for hydroxylation is 1. The third-order valence-electron chi connectivity index (χ3n) is 1.92. The first-order valence-electron chi connectivity index (χ1n) is 3.84. The Hall–Kier alpha value is -0.470. The van der Waals surface area contributed by atoms with Gasteiger partial charge in [0.1, 0.15) is 0 Å². The minimum Gasteiger partial charge on any atom is -0.129 e. The van der Waals surface area contributed by atoms with Gasteiger partial charge in [-0.05, 0) is 30.2 Å². The average Bonchev–Trinajstić information content (AvgIpc) is 2.49. The Labute approximate surface area is 80.6 Å². The number of rotatable bonds is 1. The van der Waals surface area contributed by atoms with Gasteiger partial charge in [0.05, 0.1) is 4.21 Å². The Kier molecular flexibility index (Phi) is 2.11. The molecule has 2 aromatic rings. The van der Waals surface area contributed by atoms with Gasteiger partial charge in [-0.3, -0.25) is 0 Å². The topological polar surface area (TPSA) is 0 Å². The molecule has 1 aromatic heterocycles. The van der Waals surface area contributed by atoms with E-state index in [0.29, 0.717) is 0 Å². The Balaban J connectivity index is 2.74. The molecule has 1 aromatic carbocycles. The molecule has 1 heterocycles. The fourth-order valence-corrected chi connectivity index (χ4v) is 2.97. The van der Waals surface area contributed by atoms with Gasteiger partial charge < -0.3 is 0 Å². The second-order valence-corrected chi connectivity index (χ2v) is 4.92. The van der Waals surface area contributed by atoms with Gasteiger partial charge in [0, 0.05) is 4.70 Å². The molecule has 0 aliphatic heterocycles. The molecule has 0 bridgehead atoms. The number of hydrogen-bond donors (Lipinski definition) is 0. The van der Waals surface area contributed by atoms with Crippen molar-refractivity contribution in [1.82, 2.24) is 0 Å². The molecular formula is C10H10S2. The van der Waals surface area contributed by atoms with Crippen molar-refractivity contribution in [1.29, 1.82) is 0 Å². The summed E-state index contributed by atoms with van der Waals surface area (Å²) in [5.74, 6) is 0. The maximum atomic E-state index is 2.26. The Bertz CT molecular complexity index is 401. The number of thiophene rings is 1. The van der Waals surface area contributed by atoms with Crippen molar-refractivity contribution in [2.24, 2.45) is 0 Å². The predicted octanol–water partition coefficient (Wildman–Crippen LogP) is 3.93. The maximum absolute atomic E-state index is 2.26. The zero-order valence-corrected chi connectivity index (χ0v) is 8.76. The molecule has 0 spiro atoms. The molecule has 2 heteroatoms. The van der Waals surface area contributed by atoms with Crippen molar-refractivity contribution < 1.29 is 0 Å². The van der Waals surface area contributed by atoms with Crippen LogP contribution >= 0.6 is 23.1 Å². The van der Waals surface area contributed by atoms with Crippen molar-refractivity contribution in [2.45, 2.75) is 11.1 Å².